The van der Waals surface area contributed by atoms with Crippen molar-refractivity contribution in [2.75, 3.05) is 24.4 Å². The van der Waals surface area contributed by atoms with Gasteiger partial charge < -0.3 is 20.1 Å². The van der Waals surface area contributed by atoms with Crippen molar-refractivity contribution in [3.8, 4) is 11.5 Å². The number of hydrogen-bond acceptors (Lipinski definition) is 4. The highest BCUT2D eigenvalue weighted by atomic mass is 16.5. The third-order valence-electron chi connectivity index (χ3n) is 4.63. The molecule has 4 rings (SSSR count). The molecule has 2 aromatic rings. The molecule has 2 N–H and O–H groups in total. The van der Waals surface area contributed by atoms with Crippen molar-refractivity contribution in [3.63, 3.8) is 0 Å². The zero-order chi connectivity index (χ0) is 16.5. The topological polar surface area (TPSA) is 59.6 Å². The molecule has 2 aromatic carbocycles. The van der Waals surface area contributed by atoms with Crippen molar-refractivity contribution in [2.24, 2.45) is 0 Å². The molecule has 1 heterocycles. The molecule has 124 valence electrons. The number of methoxy groups -OCH3 is 1. The number of aryl methyl sites for hydroxylation is 1. The van der Waals surface area contributed by atoms with Crippen molar-refractivity contribution < 1.29 is 14.3 Å². The number of ether oxygens (including phenoxy) is 2. The van der Waals surface area contributed by atoms with Crippen LogP contribution in [-0.4, -0.2) is 25.7 Å². The van der Waals surface area contributed by atoms with E-state index in [-0.39, 0.29) is 12.5 Å². The van der Waals surface area contributed by atoms with E-state index in [2.05, 4.69) is 22.8 Å². The maximum atomic E-state index is 11.3. The van der Waals surface area contributed by atoms with Gasteiger partial charge in [-0.2, -0.15) is 0 Å². The van der Waals surface area contributed by atoms with Gasteiger partial charge in [-0.3, -0.25) is 4.79 Å². The number of nitrogens with one attached hydrogen (secondary N) is 2. The van der Waals surface area contributed by atoms with Gasteiger partial charge in [-0.25, -0.2) is 0 Å². The Morgan fingerprint density at radius 2 is 2.12 bits per heavy atom. The van der Waals surface area contributed by atoms with Gasteiger partial charge in [0.1, 0.15) is 11.5 Å². The first kappa shape index (κ1) is 14.9. The number of amides is 1. The van der Waals surface area contributed by atoms with Gasteiger partial charge in [-0.05, 0) is 54.7 Å². The van der Waals surface area contributed by atoms with Crippen LogP contribution in [0.4, 0.5) is 11.4 Å². The minimum atomic E-state index is -0.110. The zero-order valence-electron chi connectivity index (χ0n) is 13.6. The predicted molar refractivity (Wildman–Crippen MR) is 93.0 cm³/mol. The highest BCUT2D eigenvalue weighted by Crippen LogP contribution is 2.32. The molecule has 0 fully saturated rings. The fraction of sp³-hybridized carbons (Fsp3) is 0.316. The van der Waals surface area contributed by atoms with Crippen molar-refractivity contribution in [1.82, 2.24) is 0 Å². The van der Waals surface area contributed by atoms with Gasteiger partial charge in [0.25, 0.3) is 5.91 Å². The van der Waals surface area contributed by atoms with E-state index in [1.54, 1.807) is 7.11 Å². The first-order chi connectivity index (χ1) is 11.7. The van der Waals surface area contributed by atoms with Gasteiger partial charge in [0, 0.05) is 17.8 Å². The molecular formula is C19H20N2O3. The fourth-order valence-electron chi connectivity index (χ4n) is 3.38. The Labute approximate surface area is 141 Å². The summed E-state index contributed by atoms with van der Waals surface area (Å²) >= 11 is 0. The highest BCUT2D eigenvalue weighted by molar-refractivity contribution is 5.95. The molecule has 0 unspecified atom stereocenters. The van der Waals surface area contributed by atoms with Crippen molar-refractivity contribution in [3.05, 3.63) is 47.5 Å². The molecule has 0 saturated carbocycles. The van der Waals surface area contributed by atoms with Crippen LogP contribution in [0.25, 0.3) is 0 Å². The van der Waals surface area contributed by atoms with E-state index in [4.69, 9.17) is 9.47 Å². The van der Waals surface area contributed by atoms with Gasteiger partial charge in [-0.15, -0.1) is 0 Å². The second-order valence-corrected chi connectivity index (χ2v) is 6.27. The largest absolute Gasteiger partial charge is 0.497 e. The summed E-state index contributed by atoms with van der Waals surface area (Å²) in [6.45, 7) is 0.0764. The molecule has 0 radical (unpaired) electrons. The van der Waals surface area contributed by atoms with Crippen LogP contribution in [0.5, 0.6) is 11.5 Å². The van der Waals surface area contributed by atoms with Gasteiger partial charge in [0.15, 0.2) is 6.61 Å². The third-order valence-corrected chi connectivity index (χ3v) is 4.63. The first-order valence-corrected chi connectivity index (χ1v) is 8.20. The molecule has 0 saturated heterocycles. The number of fused-ring (bicyclic) bond motifs is 2. The average Bonchev–Trinajstić information content (AvgIpc) is 2.61. The van der Waals surface area contributed by atoms with Crippen LogP contribution < -0.4 is 20.1 Å². The zero-order valence-corrected chi connectivity index (χ0v) is 13.6. The van der Waals surface area contributed by atoms with Gasteiger partial charge >= 0.3 is 0 Å². The van der Waals surface area contributed by atoms with E-state index in [9.17, 15) is 4.79 Å². The van der Waals surface area contributed by atoms with Crippen LogP contribution in [-0.2, 0) is 17.6 Å². The maximum absolute atomic E-state index is 11.3. The fourth-order valence-corrected chi connectivity index (χ4v) is 3.38. The molecule has 5 heteroatoms. The molecule has 1 amide bonds. The Balaban J connectivity index is 1.49. The number of carbonyl (C=O) groups is 1. The smallest absolute Gasteiger partial charge is 0.262 e. The lowest BCUT2D eigenvalue weighted by atomic mass is 9.88. The third kappa shape index (κ3) is 2.89. The lowest BCUT2D eigenvalue weighted by Crippen LogP contribution is -2.28. The minimum absolute atomic E-state index is 0.0764. The summed E-state index contributed by atoms with van der Waals surface area (Å²) in [6, 6.07) is 12.5. The van der Waals surface area contributed by atoms with E-state index in [0.717, 1.165) is 42.1 Å². The average molecular weight is 324 g/mol. The Morgan fingerprint density at radius 3 is 3.00 bits per heavy atom. The molecule has 1 atom stereocenters. The lowest BCUT2D eigenvalue weighted by Gasteiger charge is -2.27. The molecule has 5 nitrogen and oxygen atoms in total. The van der Waals surface area contributed by atoms with Crippen molar-refractivity contribution in [1.29, 1.82) is 0 Å². The highest BCUT2D eigenvalue weighted by Gasteiger charge is 2.20. The Bertz CT molecular complexity index is 788. The number of anilines is 2. The normalized spacial score (nSPS) is 18.7. The standard InChI is InChI=1S/C19H20N2O3/c1-23-16-6-3-12-2-4-14(8-13(12)9-16)20-15-5-7-17-18(10-15)24-11-19(22)21-17/h3,5-7,9-10,14,20H,2,4,8,11H2,1H3,(H,21,22)/t14-/m0/s1. The Hall–Kier alpha value is -2.69. The lowest BCUT2D eigenvalue weighted by molar-refractivity contribution is -0.118. The first-order valence-electron chi connectivity index (χ1n) is 8.20. The SMILES string of the molecule is COc1ccc2c(c1)C[C@@H](Nc1ccc3c(c1)OCC(=O)N3)CC2. The van der Waals surface area contributed by atoms with Gasteiger partial charge in [0.05, 0.1) is 12.8 Å². The second-order valence-electron chi connectivity index (χ2n) is 6.27. The minimum Gasteiger partial charge on any atom is -0.497 e. The van der Waals surface area contributed by atoms with Crippen LogP contribution >= 0.6 is 0 Å². The Morgan fingerprint density at radius 1 is 1.21 bits per heavy atom. The summed E-state index contributed by atoms with van der Waals surface area (Å²) < 4.78 is 10.8. The van der Waals surface area contributed by atoms with Crippen LogP contribution in [0, 0.1) is 0 Å². The summed E-state index contributed by atoms with van der Waals surface area (Å²) in [6.07, 6.45) is 3.13. The van der Waals surface area contributed by atoms with E-state index >= 15 is 0 Å². The molecule has 0 bridgehead atoms. The van der Waals surface area contributed by atoms with E-state index < -0.39 is 0 Å². The molecule has 1 aliphatic carbocycles. The summed E-state index contributed by atoms with van der Waals surface area (Å²) in [5.74, 6) is 1.52. The number of rotatable bonds is 3. The quantitative estimate of drug-likeness (QED) is 0.911. The number of hydrogen-bond donors (Lipinski definition) is 2. The number of benzene rings is 2. The van der Waals surface area contributed by atoms with Crippen LogP contribution in [0.15, 0.2) is 36.4 Å². The summed E-state index contributed by atoms with van der Waals surface area (Å²) in [7, 11) is 1.70. The summed E-state index contributed by atoms with van der Waals surface area (Å²) in [4.78, 5) is 11.3. The molecule has 0 aromatic heterocycles. The van der Waals surface area contributed by atoms with E-state index in [1.807, 2.05) is 24.3 Å². The van der Waals surface area contributed by atoms with E-state index in [1.165, 1.54) is 11.1 Å². The predicted octanol–water partition coefficient (Wildman–Crippen LogP) is 3.00. The van der Waals surface area contributed by atoms with Gasteiger partial charge in [0.2, 0.25) is 0 Å². The Kier molecular flexibility index (Phi) is 3.76. The molecule has 24 heavy (non-hydrogen) atoms. The van der Waals surface area contributed by atoms with Crippen molar-refractivity contribution in [2.45, 2.75) is 25.3 Å². The summed E-state index contributed by atoms with van der Waals surface area (Å²) in [5.41, 5.74) is 4.50. The van der Waals surface area contributed by atoms with Crippen LogP contribution in [0.2, 0.25) is 0 Å². The van der Waals surface area contributed by atoms with Crippen molar-refractivity contribution >= 4 is 17.3 Å². The maximum Gasteiger partial charge on any atom is 0.262 e. The van der Waals surface area contributed by atoms with Crippen LogP contribution in [0.1, 0.15) is 17.5 Å². The van der Waals surface area contributed by atoms with E-state index in [0.29, 0.717) is 6.04 Å². The second kappa shape index (κ2) is 6.07. The van der Waals surface area contributed by atoms with Crippen LogP contribution in [0.3, 0.4) is 0 Å². The summed E-state index contributed by atoms with van der Waals surface area (Å²) in [5, 5.41) is 6.40. The van der Waals surface area contributed by atoms with Gasteiger partial charge in [-0.1, -0.05) is 6.07 Å². The molecule has 1 aliphatic heterocycles. The molecule has 2 aliphatic rings. The number of carbonyl (C=O) groups excluding carboxylic acids is 1. The molecular weight excluding hydrogens is 304 g/mol. The molecule has 0 spiro atoms. The monoisotopic (exact) mass is 324 g/mol.